The van der Waals surface area contributed by atoms with Crippen molar-refractivity contribution in [2.75, 3.05) is 0 Å². The normalized spacial score (nSPS) is 17.1. The van der Waals surface area contributed by atoms with Crippen molar-refractivity contribution < 1.29 is 53.7 Å². The van der Waals surface area contributed by atoms with Gasteiger partial charge in [-0.1, -0.05) is 0 Å². The van der Waals surface area contributed by atoms with E-state index >= 15 is 0 Å². The second kappa shape index (κ2) is 4.15. The van der Waals surface area contributed by atoms with Gasteiger partial charge in [0.15, 0.2) is 0 Å². The maximum absolute atomic E-state index is 12.1. The Hall–Kier alpha value is -0.780. The van der Waals surface area contributed by atoms with Gasteiger partial charge in [0.2, 0.25) is 0 Å². The van der Waals surface area contributed by atoms with Crippen LogP contribution in [-0.2, 0) is 4.74 Å². The van der Waals surface area contributed by atoms with Gasteiger partial charge in [-0.05, 0) is 0 Å². The molecule has 1 atom stereocenters. The fourth-order valence-corrected chi connectivity index (χ4v) is 0.449. The van der Waals surface area contributed by atoms with Crippen molar-refractivity contribution >= 4 is 0 Å². The number of rotatable bonds is 4. The third-order valence-corrected chi connectivity index (χ3v) is 1.26. The first-order chi connectivity index (χ1) is 7.15. The molecule has 1 unspecified atom stereocenters. The molecule has 2 nitrogen and oxygen atoms in total. The highest BCUT2D eigenvalue weighted by atomic mass is 19.4. The minimum absolute atomic E-state index is 1.72. The molecule has 0 radical (unpaired) electrons. The van der Waals surface area contributed by atoms with Gasteiger partial charge in [0.1, 0.15) is 0 Å². The lowest BCUT2D eigenvalue weighted by Crippen LogP contribution is -2.56. The van der Waals surface area contributed by atoms with Crippen LogP contribution in [0.3, 0.4) is 0 Å². The van der Waals surface area contributed by atoms with Crippen molar-refractivity contribution in [1.82, 2.24) is 0 Å². The van der Waals surface area contributed by atoms with E-state index in [1.807, 2.05) is 0 Å². The molecule has 12 heteroatoms. The Morgan fingerprint density at radius 2 is 1.18 bits per heavy atom. The van der Waals surface area contributed by atoms with E-state index in [1.165, 1.54) is 0 Å². The van der Waals surface area contributed by atoms with Crippen LogP contribution < -0.4 is 0 Å². The maximum atomic E-state index is 12.1. The summed E-state index contributed by atoms with van der Waals surface area (Å²) in [5, 5.41) is 7.51. The average Bonchev–Trinajstić information content (AvgIpc) is 1.98. The molecule has 0 aromatic rings. The predicted octanol–water partition coefficient (Wildman–Crippen LogP) is 2.67. The first-order valence-corrected chi connectivity index (χ1v) is 3.37. The Bertz CT molecular complexity index is 268. The molecule has 0 aromatic carbocycles. The molecule has 0 spiro atoms. The van der Waals surface area contributed by atoms with Crippen LogP contribution in [0.1, 0.15) is 0 Å². The highest BCUT2D eigenvalue weighted by Crippen LogP contribution is 2.49. The lowest BCUT2D eigenvalue weighted by molar-refractivity contribution is -0.487. The lowest BCUT2D eigenvalue weighted by atomic mass is 10.3. The van der Waals surface area contributed by atoms with Crippen LogP contribution in [0.15, 0.2) is 0 Å². The molecule has 0 saturated heterocycles. The van der Waals surface area contributed by atoms with Crippen molar-refractivity contribution in [3.63, 3.8) is 0 Å². The summed E-state index contributed by atoms with van der Waals surface area (Å²) in [6, 6.07) is 0. The van der Waals surface area contributed by atoms with Gasteiger partial charge in [-0.25, -0.2) is 9.13 Å². The van der Waals surface area contributed by atoms with Crippen LogP contribution in [0, 0.1) is 0 Å². The smallest absolute Gasteiger partial charge is 0.357 e. The summed E-state index contributed by atoms with van der Waals surface area (Å²) in [7, 11) is 0. The standard InChI is InChI=1S/C5H2F10O2/c6-1(16)2(7,8)17-5(14,15)3(9,10)4(11,12)13/h1,16H. The summed E-state index contributed by atoms with van der Waals surface area (Å²) < 4.78 is 119. The number of alkyl halides is 10. The summed E-state index contributed by atoms with van der Waals surface area (Å²) in [4.78, 5) is 0. The molecule has 104 valence electrons. The van der Waals surface area contributed by atoms with Gasteiger partial charge in [-0.15, -0.1) is 0 Å². The van der Waals surface area contributed by atoms with Gasteiger partial charge < -0.3 is 5.11 Å². The van der Waals surface area contributed by atoms with E-state index in [2.05, 4.69) is 0 Å². The van der Waals surface area contributed by atoms with Gasteiger partial charge in [0.25, 0.3) is 6.36 Å². The second-order valence-electron chi connectivity index (χ2n) is 2.59. The highest BCUT2D eigenvalue weighted by molar-refractivity contribution is 4.85. The maximum Gasteiger partial charge on any atom is 0.462 e. The molecule has 1 N–H and O–H groups in total. The van der Waals surface area contributed by atoms with Gasteiger partial charge in [-0.2, -0.15) is 39.5 Å². The van der Waals surface area contributed by atoms with Crippen molar-refractivity contribution in [2.24, 2.45) is 0 Å². The van der Waals surface area contributed by atoms with E-state index in [0.717, 1.165) is 0 Å². The third-order valence-electron chi connectivity index (χ3n) is 1.26. The van der Waals surface area contributed by atoms with E-state index in [4.69, 9.17) is 5.11 Å². The Kier molecular flexibility index (Phi) is 3.96. The van der Waals surface area contributed by atoms with Gasteiger partial charge in [0.05, 0.1) is 0 Å². The van der Waals surface area contributed by atoms with Crippen LogP contribution in [0.2, 0.25) is 0 Å². The van der Waals surface area contributed by atoms with E-state index in [9.17, 15) is 43.9 Å². The molecule has 0 rings (SSSR count). The first kappa shape index (κ1) is 16.2. The highest BCUT2D eigenvalue weighted by Gasteiger charge is 2.76. The first-order valence-electron chi connectivity index (χ1n) is 3.37. The Balaban J connectivity index is 5.17. The lowest BCUT2D eigenvalue weighted by Gasteiger charge is -2.30. The quantitative estimate of drug-likeness (QED) is 0.804. The van der Waals surface area contributed by atoms with Crippen molar-refractivity contribution in [1.29, 1.82) is 0 Å². The minimum atomic E-state index is -6.99. The SMILES string of the molecule is OC(F)C(F)(F)OC(F)(F)C(F)(F)C(F)(F)F. The zero-order chi connectivity index (χ0) is 14.3. The molecule has 0 bridgehead atoms. The van der Waals surface area contributed by atoms with Crippen LogP contribution >= 0.6 is 0 Å². The number of aliphatic hydroxyl groups excluding tert-OH is 1. The molecule has 0 saturated carbocycles. The Morgan fingerprint density at radius 1 is 0.824 bits per heavy atom. The van der Waals surface area contributed by atoms with Crippen LogP contribution in [0.5, 0.6) is 0 Å². The van der Waals surface area contributed by atoms with Crippen LogP contribution in [0.25, 0.3) is 0 Å². The van der Waals surface area contributed by atoms with Crippen LogP contribution in [-0.4, -0.2) is 35.8 Å². The van der Waals surface area contributed by atoms with Crippen LogP contribution in [0.4, 0.5) is 43.9 Å². The molecule has 17 heavy (non-hydrogen) atoms. The molecule has 0 aliphatic carbocycles. The average molecular weight is 284 g/mol. The number of halogens is 10. The summed E-state index contributed by atoms with van der Waals surface area (Å²) in [5.41, 5.74) is 0. The summed E-state index contributed by atoms with van der Waals surface area (Å²) in [6.07, 6.45) is -24.1. The second-order valence-corrected chi connectivity index (χ2v) is 2.59. The largest absolute Gasteiger partial charge is 0.462 e. The zero-order valence-electron chi connectivity index (χ0n) is 7.21. The zero-order valence-corrected chi connectivity index (χ0v) is 7.21. The fourth-order valence-electron chi connectivity index (χ4n) is 0.449. The summed E-state index contributed by atoms with van der Waals surface area (Å²) in [5.74, 6) is -6.99. The molecule has 0 heterocycles. The summed E-state index contributed by atoms with van der Waals surface area (Å²) >= 11 is 0. The monoisotopic (exact) mass is 284 g/mol. The number of ether oxygens (including phenoxy) is 1. The number of aliphatic hydroxyl groups is 1. The van der Waals surface area contributed by atoms with E-state index in [-0.39, 0.29) is 0 Å². The third kappa shape index (κ3) is 3.12. The molecule has 0 amide bonds. The summed E-state index contributed by atoms with van der Waals surface area (Å²) in [6.45, 7) is 0. The van der Waals surface area contributed by atoms with E-state index in [0.29, 0.717) is 0 Å². The molecule has 0 aromatic heterocycles. The molecule has 0 aliphatic heterocycles. The van der Waals surface area contributed by atoms with Crippen molar-refractivity contribution in [2.45, 2.75) is 30.7 Å². The van der Waals surface area contributed by atoms with Gasteiger partial charge in [0, 0.05) is 0 Å². The number of hydrogen-bond acceptors (Lipinski definition) is 2. The Labute approximate surface area is 85.8 Å². The Morgan fingerprint density at radius 3 is 1.41 bits per heavy atom. The number of hydrogen-bond donors (Lipinski definition) is 1. The fraction of sp³-hybridized carbons (Fsp3) is 1.00. The minimum Gasteiger partial charge on any atom is -0.357 e. The molecular formula is C5H2F10O2. The molecular weight excluding hydrogens is 282 g/mol. The van der Waals surface area contributed by atoms with E-state index in [1.54, 1.807) is 4.74 Å². The molecule has 0 fully saturated rings. The van der Waals surface area contributed by atoms with Gasteiger partial charge in [-0.3, -0.25) is 0 Å². The predicted molar refractivity (Wildman–Crippen MR) is 29.1 cm³/mol. The molecule has 0 aliphatic rings. The van der Waals surface area contributed by atoms with E-state index < -0.39 is 30.7 Å². The topological polar surface area (TPSA) is 29.5 Å². The van der Waals surface area contributed by atoms with Gasteiger partial charge >= 0.3 is 24.3 Å². The van der Waals surface area contributed by atoms with Crippen molar-refractivity contribution in [3.8, 4) is 0 Å². The van der Waals surface area contributed by atoms with Crippen molar-refractivity contribution in [3.05, 3.63) is 0 Å².